The molecule has 0 aliphatic heterocycles. The monoisotopic (exact) mass is 497 g/mol. The highest BCUT2D eigenvalue weighted by Gasteiger charge is 2.14. The fourth-order valence-corrected chi connectivity index (χ4v) is 3.93. The fourth-order valence-electron chi connectivity index (χ4n) is 3.34. The molecule has 33 heavy (non-hydrogen) atoms. The van der Waals surface area contributed by atoms with Gasteiger partial charge in [-0.15, -0.1) is 0 Å². The normalized spacial score (nSPS) is 11.9. The highest BCUT2D eigenvalue weighted by molar-refractivity contribution is 7.80. The first-order chi connectivity index (χ1) is 15.8. The summed E-state index contributed by atoms with van der Waals surface area (Å²) >= 11 is 17.3. The topological polar surface area (TPSA) is 67.2 Å². The van der Waals surface area contributed by atoms with Gasteiger partial charge in [-0.1, -0.05) is 49.2 Å². The van der Waals surface area contributed by atoms with E-state index in [0.717, 1.165) is 23.1 Å². The van der Waals surface area contributed by atoms with Crippen molar-refractivity contribution in [2.45, 2.75) is 26.2 Å². The van der Waals surface area contributed by atoms with Crippen molar-refractivity contribution in [1.82, 2.24) is 10.3 Å². The first-order valence-electron chi connectivity index (χ1n) is 10.4. The molecular formula is C25H21Cl2N3O2S. The summed E-state index contributed by atoms with van der Waals surface area (Å²) in [6.45, 7) is 4.36. The van der Waals surface area contributed by atoms with Gasteiger partial charge in [-0.2, -0.15) is 0 Å². The predicted molar refractivity (Wildman–Crippen MR) is 138 cm³/mol. The van der Waals surface area contributed by atoms with E-state index in [2.05, 4.69) is 41.6 Å². The third-order valence-corrected chi connectivity index (χ3v) is 6.13. The van der Waals surface area contributed by atoms with Gasteiger partial charge in [0.05, 0.1) is 10.6 Å². The van der Waals surface area contributed by atoms with Crippen molar-refractivity contribution in [2.24, 2.45) is 0 Å². The molecule has 0 fully saturated rings. The van der Waals surface area contributed by atoms with Crippen molar-refractivity contribution >= 4 is 63.2 Å². The van der Waals surface area contributed by atoms with Gasteiger partial charge < -0.3 is 9.73 Å². The van der Waals surface area contributed by atoms with Crippen molar-refractivity contribution in [3.05, 3.63) is 81.8 Å². The van der Waals surface area contributed by atoms with Crippen molar-refractivity contribution in [3.63, 3.8) is 0 Å². The molecule has 168 valence electrons. The summed E-state index contributed by atoms with van der Waals surface area (Å²) < 4.78 is 5.96. The van der Waals surface area contributed by atoms with E-state index in [1.54, 1.807) is 12.1 Å². The SMILES string of the molecule is CC[C@@H](C)c1ccc2oc(-c3cccc(NC(=S)NC(=O)c4cc(Cl)ccc4Cl)c3)nc2c1. The van der Waals surface area contributed by atoms with Gasteiger partial charge in [0, 0.05) is 16.3 Å². The summed E-state index contributed by atoms with van der Waals surface area (Å²) in [7, 11) is 0. The lowest BCUT2D eigenvalue weighted by Gasteiger charge is -2.11. The first kappa shape index (κ1) is 23.2. The van der Waals surface area contributed by atoms with Crippen LogP contribution >= 0.6 is 35.4 Å². The zero-order valence-corrected chi connectivity index (χ0v) is 20.3. The van der Waals surface area contributed by atoms with Crippen LogP contribution in [-0.4, -0.2) is 16.0 Å². The number of hydrogen-bond acceptors (Lipinski definition) is 4. The zero-order valence-electron chi connectivity index (χ0n) is 18.0. The lowest BCUT2D eigenvalue weighted by molar-refractivity contribution is 0.0978. The van der Waals surface area contributed by atoms with Crippen LogP contribution in [-0.2, 0) is 0 Å². The van der Waals surface area contributed by atoms with E-state index in [1.807, 2.05) is 30.3 Å². The zero-order chi connectivity index (χ0) is 23.5. The minimum absolute atomic E-state index is 0.129. The van der Waals surface area contributed by atoms with E-state index in [1.165, 1.54) is 11.6 Å². The van der Waals surface area contributed by atoms with E-state index in [9.17, 15) is 4.79 Å². The quantitative estimate of drug-likeness (QED) is 0.280. The maximum absolute atomic E-state index is 12.5. The number of nitrogens with one attached hydrogen (secondary N) is 2. The van der Waals surface area contributed by atoms with Crippen LogP contribution in [0.1, 0.15) is 42.1 Å². The molecule has 1 amide bonds. The number of hydrogen-bond donors (Lipinski definition) is 2. The second-order valence-corrected chi connectivity index (χ2v) is 8.92. The Hall–Kier alpha value is -2.93. The molecule has 3 aromatic carbocycles. The molecule has 0 saturated carbocycles. The number of thiocarbonyl (C=S) groups is 1. The van der Waals surface area contributed by atoms with Gasteiger partial charge in [0.2, 0.25) is 5.89 Å². The van der Waals surface area contributed by atoms with E-state index >= 15 is 0 Å². The van der Waals surface area contributed by atoms with E-state index in [4.69, 9.17) is 39.8 Å². The van der Waals surface area contributed by atoms with Crippen LogP contribution in [0.3, 0.4) is 0 Å². The van der Waals surface area contributed by atoms with Gasteiger partial charge in [0.25, 0.3) is 5.91 Å². The fraction of sp³-hybridized carbons (Fsp3) is 0.160. The number of benzene rings is 3. The van der Waals surface area contributed by atoms with Gasteiger partial charge in [0.1, 0.15) is 5.52 Å². The van der Waals surface area contributed by atoms with Crippen LogP contribution in [0.15, 0.2) is 65.1 Å². The number of carbonyl (C=O) groups is 1. The molecule has 1 aromatic heterocycles. The number of amides is 1. The molecule has 8 heteroatoms. The third kappa shape index (κ3) is 5.36. The summed E-state index contributed by atoms with van der Waals surface area (Å²) in [5.74, 6) is 0.517. The smallest absolute Gasteiger partial charge is 0.258 e. The maximum atomic E-state index is 12.5. The number of fused-ring (bicyclic) bond motifs is 1. The van der Waals surface area contributed by atoms with Crippen molar-refractivity contribution < 1.29 is 9.21 Å². The molecule has 0 aliphatic carbocycles. The van der Waals surface area contributed by atoms with Gasteiger partial charge in [-0.3, -0.25) is 10.1 Å². The van der Waals surface area contributed by atoms with E-state index in [0.29, 0.717) is 22.5 Å². The number of carbonyl (C=O) groups excluding carboxylic acids is 1. The number of anilines is 1. The van der Waals surface area contributed by atoms with Gasteiger partial charge in [0.15, 0.2) is 10.7 Å². The largest absolute Gasteiger partial charge is 0.436 e. The molecule has 0 radical (unpaired) electrons. The number of halogens is 2. The molecule has 0 bridgehead atoms. The highest BCUT2D eigenvalue weighted by Crippen LogP contribution is 2.29. The van der Waals surface area contributed by atoms with Crippen LogP contribution in [0.4, 0.5) is 5.69 Å². The second-order valence-electron chi connectivity index (χ2n) is 7.67. The van der Waals surface area contributed by atoms with Gasteiger partial charge >= 0.3 is 0 Å². The number of nitrogens with zero attached hydrogens (tertiary/aromatic N) is 1. The summed E-state index contributed by atoms with van der Waals surface area (Å²) in [5, 5.41) is 6.44. The lowest BCUT2D eigenvalue weighted by Crippen LogP contribution is -2.34. The molecule has 4 rings (SSSR count). The molecular weight excluding hydrogens is 477 g/mol. The molecule has 1 atom stereocenters. The van der Waals surface area contributed by atoms with Crippen molar-refractivity contribution in [1.29, 1.82) is 0 Å². The average Bonchev–Trinajstić information content (AvgIpc) is 3.23. The molecule has 0 saturated heterocycles. The third-order valence-electron chi connectivity index (χ3n) is 5.36. The molecule has 4 aromatic rings. The summed E-state index contributed by atoms with van der Waals surface area (Å²) in [6.07, 6.45) is 1.06. The average molecular weight is 498 g/mol. The Bertz CT molecular complexity index is 1350. The number of rotatable bonds is 5. The maximum Gasteiger partial charge on any atom is 0.258 e. The van der Waals surface area contributed by atoms with Gasteiger partial charge in [-0.25, -0.2) is 4.98 Å². The summed E-state index contributed by atoms with van der Waals surface area (Å²) in [4.78, 5) is 17.2. The Morgan fingerprint density at radius 1 is 1.12 bits per heavy atom. The molecule has 5 nitrogen and oxygen atoms in total. The molecule has 0 unspecified atom stereocenters. The number of aromatic nitrogens is 1. The minimum Gasteiger partial charge on any atom is -0.436 e. The van der Waals surface area contributed by atoms with Crippen LogP contribution in [0.25, 0.3) is 22.6 Å². The van der Waals surface area contributed by atoms with Crippen molar-refractivity contribution in [2.75, 3.05) is 5.32 Å². The predicted octanol–water partition coefficient (Wildman–Crippen LogP) is 7.44. The molecule has 0 aliphatic rings. The number of oxazole rings is 1. The first-order valence-corrected chi connectivity index (χ1v) is 11.6. The van der Waals surface area contributed by atoms with Gasteiger partial charge in [-0.05, 0) is 78.7 Å². The van der Waals surface area contributed by atoms with Crippen LogP contribution in [0.2, 0.25) is 10.0 Å². The Labute approximate surface area is 207 Å². The van der Waals surface area contributed by atoms with E-state index < -0.39 is 5.91 Å². The van der Waals surface area contributed by atoms with Crippen molar-refractivity contribution in [3.8, 4) is 11.5 Å². The molecule has 0 spiro atoms. The van der Waals surface area contributed by atoms with Crippen LogP contribution in [0, 0.1) is 0 Å². The Morgan fingerprint density at radius 3 is 2.73 bits per heavy atom. The Morgan fingerprint density at radius 2 is 1.94 bits per heavy atom. The minimum atomic E-state index is -0.452. The Balaban J connectivity index is 1.50. The van der Waals surface area contributed by atoms with Crippen LogP contribution < -0.4 is 10.6 Å². The van der Waals surface area contributed by atoms with Crippen LogP contribution in [0.5, 0.6) is 0 Å². The summed E-state index contributed by atoms with van der Waals surface area (Å²) in [5.41, 5.74) is 4.50. The lowest BCUT2D eigenvalue weighted by atomic mass is 9.98. The Kier molecular flexibility index (Phi) is 6.98. The second kappa shape index (κ2) is 9.91. The molecule has 1 heterocycles. The van der Waals surface area contributed by atoms with E-state index in [-0.39, 0.29) is 15.7 Å². The molecule has 2 N–H and O–H groups in total. The highest BCUT2D eigenvalue weighted by atomic mass is 35.5. The summed E-state index contributed by atoms with van der Waals surface area (Å²) in [6, 6.07) is 18.2. The standard InChI is InChI=1S/C25H21Cl2N3O2S/c1-3-14(2)15-7-10-22-21(12-15)29-24(32-22)16-5-4-6-18(11-16)28-25(33)30-23(31)19-13-17(26)8-9-20(19)27/h4-14H,3H2,1-2H3,(H2,28,30,31,33)/t14-/m1/s1.